The van der Waals surface area contributed by atoms with Gasteiger partial charge in [0.05, 0.1) is 7.11 Å². The smallest absolute Gasteiger partial charge is 0.126 e. The zero-order chi connectivity index (χ0) is 13.9. The molecule has 0 N–H and O–H groups in total. The van der Waals surface area contributed by atoms with E-state index in [0.717, 1.165) is 16.9 Å². The van der Waals surface area contributed by atoms with E-state index in [2.05, 4.69) is 29.1 Å². The summed E-state index contributed by atoms with van der Waals surface area (Å²) in [4.78, 5) is 6.84. The normalized spacial score (nSPS) is 19.2. The van der Waals surface area contributed by atoms with Crippen LogP contribution < -0.4 is 4.74 Å². The molecule has 1 aromatic carbocycles. The van der Waals surface area contributed by atoms with Crippen LogP contribution in [0.3, 0.4) is 0 Å². The van der Waals surface area contributed by atoms with Gasteiger partial charge in [-0.15, -0.1) is 0 Å². The maximum Gasteiger partial charge on any atom is 0.126 e. The molecule has 0 bridgehead atoms. The summed E-state index contributed by atoms with van der Waals surface area (Å²) in [5, 5.41) is 0. The lowest BCUT2D eigenvalue weighted by molar-refractivity contribution is 0.317. The summed E-state index contributed by atoms with van der Waals surface area (Å²) in [5.41, 5.74) is 3.53. The molecule has 3 rings (SSSR count). The lowest BCUT2D eigenvalue weighted by Crippen LogP contribution is -2.17. The van der Waals surface area contributed by atoms with Crippen molar-refractivity contribution < 1.29 is 4.74 Å². The van der Waals surface area contributed by atoms with E-state index in [1.807, 2.05) is 30.6 Å². The topological polar surface area (TPSA) is 25.4 Å². The Balaban J connectivity index is 1.99. The van der Waals surface area contributed by atoms with Crippen molar-refractivity contribution >= 4 is 0 Å². The van der Waals surface area contributed by atoms with Crippen molar-refractivity contribution in [2.75, 3.05) is 20.7 Å². The Kier molecular flexibility index (Phi) is 3.70. The van der Waals surface area contributed by atoms with Gasteiger partial charge in [0.15, 0.2) is 0 Å². The zero-order valence-electron chi connectivity index (χ0n) is 12.0. The number of rotatable bonds is 3. The first-order valence-corrected chi connectivity index (χ1v) is 7.08. The fraction of sp³-hybridized carbons (Fsp3) is 0.353. The molecular formula is C17H20N2O. The van der Waals surface area contributed by atoms with E-state index >= 15 is 0 Å². The highest BCUT2D eigenvalue weighted by molar-refractivity contribution is 5.70. The first kappa shape index (κ1) is 13.1. The van der Waals surface area contributed by atoms with Crippen molar-refractivity contribution in [3.05, 3.63) is 48.3 Å². The number of likely N-dealkylation sites (tertiary alicyclic amines) is 1. The van der Waals surface area contributed by atoms with Gasteiger partial charge in [0.1, 0.15) is 5.75 Å². The largest absolute Gasteiger partial charge is 0.496 e. The Morgan fingerprint density at radius 3 is 2.85 bits per heavy atom. The second kappa shape index (κ2) is 5.63. The second-order valence-corrected chi connectivity index (χ2v) is 5.35. The molecule has 3 nitrogen and oxygen atoms in total. The van der Waals surface area contributed by atoms with Crippen LogP contribution in [0.4, 0.5) is 0 Å². The van der Waals surface area contributed by atoms with Crippen molar-refractivity contribution in [2.45, 2.75) is 18.9 Å². The number of aromatic nitrogens is 1. The highest BCUT2D eigenvalue weighted by atomic mass is 16.5. The molecule has 0 spiro atoms. The molecule has 0 radical (unpaired) electrons. The van der Waals surface area contributed by atoms with Gasteiger partial charge in [-0.2, -0.15) is 0 Å². The van der Waals surface area contributed by atoms with Gasteiger partial charge in [0.25, 0.3) is 0 Å². The molecule has 1 fully saturated rings. The lowest BCUT2D eigenvalue weighted by Gasteiger charge is -2.20. The van der Waals surface area contributed by atoms with E-state index in [-0.39, 0.29) is 0 Å². The van der Waals surface area contributed by atoms with Gasteiger partial charge in [-0.3, -0.25) is 9.88 Å². The molecular weight excluding hydrogens is 248 g/mol. The summed E-state index contributed by atoms with van der Waals surface area (Å²) < 4.78 is 5.45. The van der Waals surface area contributed by atoms with E-state index in [1.54, 1.807) is 7.11 Å². The Bertz CT molecular complexity index is 597. The van der Waals surface area contributed by atoms with Crippen LogP contribution in [0.15, 0.2) is 42.7 Å². The fourth-order valence-corrected chi connectivity index (χ4v) is 3.00. The molecule has 104 valence electrons. The third-order valence-corrected chi connectivity index (χ3v) is 4.08. The van der Waals surface area contributed by atoms with Crippen LogP contribution >= 0.6 is 0 Å². The Morgan fingerprint density at radius 1 is 1.25 bits per heavy atom. The van der Waals surface area contributed by atoms with Crippen molar-refractivity contribution in [3.63, 3.8) is 0 Å². The number of para-hydroxylation sites is 1. The maximum absolute atomic E-state index is 5.45. The summed E-state index contributed by atoms with van der Waals surface area (Å²) in [7, 11) is 3.90. The number of hydrogen-bond donors (Lipinski definition) is 0. The van der Waals surface area contributed by atoms with E-state index in [1.165, 1.54) is 24.9 Å². The van der Waals surface area contributed by atoms with Crippen LogP contribution in [0.2, 0.25) is 0 Å². The molecule has 1 atom stereocenters. The molecule has 0 amide bonds. The summed E-state index contributed by atoms with van der Waals surface area (Å²) in [6, 6.07) is 10.8. The molecule has 0 saturated carbocycles. The predicted molar refractivity (Wildman–Crippen MR) is 80.8 cm³/mol. The van der Waals surface area contributed by atoms with Crippen LogP contribution in [-0.4, -0.2) is 30.6 Å². The van der Waals surface area contributed by atoms with E-state index in [4.69, 9.17) is 4.74 Å². The van der Waals surface area contributed by atoms with Crippen molar-refractivity contribution in [1.29, 1.82) is 0 Å². The van der Waals surface area contributed by atoms with Crippen LogP contribution in [0.25, 0.3) is 11.1 Å². The van der Waals surface area contributed by atoms with Gasteiger partial charge in [-0.1, -0.05) is 18.2 Å². The van der Waals surface area contributed by atoms with Crippen LogP contribution in [0.1, 0.15) is 24.4 Å². The van der Waals surface area contributed by atoms with Crippen LogP contribution in [-0.2, 0) is 0 Å². The van der Waals surface area contributed by atoms with Gasteiger partial charge in [0, 0.05) is 29.6 Å². The number of ether oxygens (including phenoxy) is 1. The third-order valence-electron chi connectivity index (χ3n) is 4.08. The Morgan fingerprint density at radius 2 is 2.10 bits per heavy atom. The summed E-state index contributed by atoms with van der Waals surface area (Å²) in [6.45, 7) is 1.17. The molecule has 1 unspecified atom stereocenters. The number of benzene rings is 1. The minimum Gasteiger partial charge on any atom is -0.496 e. The van der Waals surface area contributed by atoms with Crippen molar-refractivity contribution in [3.8, 4) is 16.9 Å². The Labute approximate surface area is 120 Å². The highest BCUT2D eigenvalue weighted by Gasteiger charge is 2.23. The summed E-state index contributed by atoms with van der Waals surface area (Å²) >= 11 is 0. The number of pyridine rings is 1. The number of nitrogens with zero attached hydrogens (tertiary/aromatic N) is 2. The third kappa shape index (κ3) is 2.41. The summed E-state index contributed by atoms with van der Waals surface area (Å²) in [5.74, 6) is 0.895. The average Bonchev–Trinajstić information content (AvgIpc) is 2.93. The van der Waals surface area contributed by atoms with Crippen LogP contribution in [0, 0.1) is 0 Å². The minimum atomic E-state index is 0.497. The predicted octanol–water partition coefficient (Wildman–Crippen LogP) is 3.52. The van der Waals surface area contributed by atoms with Gasteiger partial charge in [0.2, 0.25) is 0 Å². The summed E-state index contributed by atoms with van der Waals surface area (Å²) in [6.07, 6.45) is 6.38. The molecule has 2 aromatic rings. The molecule has 1 aliphatic rings. The van der Waals surface area contributed by atoms with Gasteiger partial charge < -0.3 is 4.74 Å². The molecule has 1 aromatic heterocycles. The molecule has 20 heavy (non-hydrogen) atoms. The van der Waals surface area contributed by atoms with E-state index < -0.39 is 0 Å². The SMILES string of the molecule is COc1ccccc1-c1cncc(C2CCCN2C)c1. The molecule has 1 aliphatic heterocycles. The quantitative estimate of drug-likeness (QED) is 0.851. The number of methoxy groups -OCH3 is 1. The van der Waals surface area contributed by atoms with Crippen molar-refractivity contribution in [1.82, 2.24) is 9.88 Å². The zero-order valence-corrected chi connectivity index (χ0v) is 12.0. The van der Waals surface area contributed by atoms with Gasteiger partial charge in [-0.25, -0.2) is 0 Å². The minimum absolute atomic E-state index is 0.497. The molecule has 2 heterocycles. The van der Waals surface area contributed by atoms with Crippen molar-refractivity contribution in [2.24, 2.45) is 0 Å². The monoisotopic (exact) mass is 268 g/mol. The second-order valence-electron chi connectivity index (χ2n) is 5.35. The maximum atomic E-state index is 5.45. The molecule has 3 heteroatoms. The average molecular weight is 268 g/mol. The van der Waals surface area contributed by atoms with Gasteiger partial charge in [-0.05, 0) is 44.1 Å². The van der Waals surface area contributed by atoms with Gasteiger partial charge >= 0.3 is 0 Å². The van der Waals surface area contributed by atoms with Crippen LogP contribution in [0.5, 0.6) is 5.75 Å². The highest BCUT2D eigenvalue weighted by Crippen LogP contribution is 2.34. The molecule has 0 aliphatic carbocycles. The standard InChI is InChI=1S/C17H20N2O/c1-19-9-5-7-16(19)14-10-13(11-18-12-14)15-6-3-4-8-17(15)20-2/h3-4,6,8,10-12,16H,5,7,9H2,1-2H3. The lowest BCUT2D eigenvalue weighted by atomic mass is 10.0. The number of hydrogen-bond acceptors (Lipinski definition) is 3. The van der Waals surface area contributed by atoms with E-state index in [9.17, 15) is 0 Å². The fourth-order valence-electron chi connectivity index (χ4n) is 3.00. The first-order valence-electron chi connectivity index (χ1n) is 7.08. The van der Waals surface area contributed by atoms with E-state index in [0.29, 0.717) is 6.04 Å². The molecule has 1 saturated heterocycles. The first-order chi connectivity index (χ1) is 9.79. The Hall–Kier alpha value is -1.87.